The van der Waals surface area contributed by atoms with Gasteiger partial charge in [0.25, 0.3) is 5.91 Å². The molecule has 2 fully saturated rings. The molecule has 210 valence electrons. The lowest BCUT2D eigenvalue weighted by Gasteiger charge is -2.29. The van der Waals surface area contributed by atoms with Crippen LogP contribution < -0.4 is 4.74 Å². The maximum atomic E-state index is 13.5. The Bertz CT molecular complexity index is 1410. The number of benzene rings is 1. The summed E-state index contributed by atoms with van der Waals surface area (Å²) in [4.78, 5) is 31.5. The molecule has 1 amide bonds. The maximum absolute atomic E-state index is 13.5. The van der Waals surface area contributed by atoms with Crippen LogP contribution in [0.25, 0.3) is 17.5 Å². The Hall–Kier alpha value is -3.49. The van der Waals surface area contributed by atoms with Gasteiger partial charge in [-0.3, -0.25) is 14.3 Å². The molecule has 3 aromatic rings. The number of carbonyl (C=O) groups is 1. The number of hydrogen-bond donors (Lipinski definition) is 0. The van der Waals surface area contributed by atoms with Crippen molar-refractivity contribution in [2.45, 2.75) is 64.6 Å². The van der Waals surface area contributed by atoms with Gasteiger partial charge in [-0.05, 0) is 50.5 Å². The minimum atomic E-state index is -0.153. The van der Waals surface area contributed by atoms with Crippen molar-refractivity contribution in [3.8, 4) is 17.1 Å². The number of allylic oxidation sites excluding steroid dienone is 1. The Kier molecular flexibility index (Phi) is 8.38. The monoisotopic (exact) mass is 560 g/mol. The first-order chi connectivity index (χ1) is 19.3. The molecule has 0 aliphatic carbocycles. The molecule has 2 unspecified atom stereocenters. The number of methoxy groups -OCH3 is 1. The topological polar surface area (TPSA) is 75.8 Å². The molecule has 2 aliphatic rings. The molecule has 4 heterocycles. The standard InChI is InChI=1S/C31H37ClN6O2/c1-6-16-37-26(28(35-31(37)33-4)22-9-7-21(8-10-22)20(2)3)19-38-23-11-12-24(38)18-36(17-15-23)30(39)29-25(32)13-14-27(34-29)40-5/h6-10,13-14,16,20,23-24H,4,11-12,15,17-19H2,1-3,5H3/b16-6-. The summed E-state index contributed by atoms with van der Waals surface area (Å²) in [5, 5.41) is 0.338. The maximum Gasteiger partial charge on any atom is 0.274 e. The van der Waals surface area contributed by atoms with Gasteiger partial charge in [0.1, 0.15) is 0 Å². The van der Waals surface area contributed by atoms with Crippen molar-refractivity contribution in [3.05, 3.63) is 64.4 Å². The van der Waals surface area contributed by atoms with E-state index in [1.807, 2.05) is 28.7 Å². The number of nitrogens with zero attached hydrogens (tertiary/aromatic N) is 6. The van der Waals surface area contributed by atoms with Crippen molar-refractivity contribution in [2.24, 2.45) is 4.99 Å². The van der Waals surface area contributed by atoms with Crippen molar-refractivity contribution in [3.63, 3.8) is 0 Å². The summed E-state index contributed by atoms with van der Waals surface area (Å²) < 4.78 is 7.29. The van der Waals surface area contributed by atoms with Crippen LogP contribution >= 0.6 is 11.6 Å². The molecule has 0 spiro atoms. The summed E-state index contributed by atoms with van der Waals surface area (Å²) in [5.41, 5.74) is 4.59. The van der Waals surface area contributed by atoms with Crippen LogP contribution in [0.3, 0.4) is 0 Å². The quantitative estimate of drug-likeness (QED) is 0.297. The van der Waals surface area contributed by atoms with Crippen molar-refractivity contribution in [1.82, 2.24) is 24.3 Å². The highest BCUT2D eigenvalue weighted by molar-refractivity contribution is 6.33. The Morgan fingerprint density at radius 3 is 2.58 bits per heavy atom. The van der Waals surface area contributed by atoms with Crippen LogP contribution in [-0.4, -0.2) is 69.2 Å². The van der Waals surface area contributed by atoms with E-state index in [1.54, 1.807) is 12.1 Å². The van der Waals surface area contributed by atoms with E-state index in [1.165, 1.54) is 12.7 Å². The van der Waals surface area contributed by atoms with Crippen LogP contribution in [0.15, 0.2) is 47.5 Å². The van der Waals surface area contributed by atoms with Gasteiger partial charge in [-0.15, -0.1) is 0 Å². The van der Waals surface area contributed by atoms with E-state index in [0.717, 1.165) is 36.2 Å². The number of halogens is 1. The van der Waals surface area contributed by atoms with E-state index < -0.39 is 0 Å². The zero-order valence-corrected chi connectivity index (χ0v) is 24.4. The van der Waals surface area contributed by atoms with Gasteiger partial charge in [0.15, 0.2) is 5.69 Å². The molecule has 0 saturated carbocycles. The average Bonchev–Trinajstić information content (AvgIpc) is 3.44. The molecule has 0 radical (unpaired) electrons. The van der Waals surface area contributed by atoms with Gasteiger partial charge in [0.2, 0.25) is 11.8 Å². The number of ether oxygens (including phenoxy) is 1. The minimum Gasteiger partial charge on any atom is -0.481 e. The first kappa shape index (κ1) is 28.1. The number of hydrogen-bond acceptors (Lipinski definition) is 6. The number of fused-ring (bicyclic) bond motifs is 2. The Morgan fingerprint density at radius 2 is 1.90 bits per heavy atom. The van der Waals surface area contributed by atoms with Crippen LogP contribution in [0, 0.1) is 0 Å². The Balaban J connectivity index is 1.45. The molecule has 40 heavy (non-hydrogen) atoms. The fourth-order valence-corrected chi connectivity index (χ4v) is 6.09. The number of pyridine rings is 1. The van der Waals surface area contributed by atoms with Crippen molar-refractivity contribution < 1.29 is 9.53 Å². The summed E-state index contributed by atoms with van der Waals surface area (Å²) in [5.74, 6) is 1.26. The van der Waals surface area contributed by atoms with Crippen LogP contribution in [-0.2, 0) is 6.54 Å². The molecular formula is C31H37ClN6O2. The third kappa shape index (κ3) is 5.43. The normalized spacial score (nSPS) is 19.4. The fraction of sp³-hybridized carbons (Fsp3) is 0.419. The molecule has 5 rings (SSSR count). The zero-order chi connectivity index (χ0) is 28.4. The fourth-order valence-electron chi connectivity index (χ4n) is 5.90. The molecule has 2 saturated heterocycles. The molecule has 1 aromatic carbocycles. The second-order valence-electron chi connectivity index (χ2n) is 10.8. The SMILES string of the molecule is C=Nc1nc(-c2ccc(C(C)C)cc2)c(CN2C3CCC2CN(C(=O)c2nc(OC)ccc2Cl)CC3)n1/C=C\C. The number of likely N-dealkylation sites (tertiary alicyclic amines) is 1. The van der Waals surface area contributed by atoms with E-state index in [2.05, 4.69) is 59.7 Å². The number of amides is 1. The van der Waals surface area contributed by atoms with Crippen LogP contribution in [0.2, 0.25) is 5.02 Å². The predicted molar refractivity (Wildman–Crippen MR) is 161 cm³/mol. The number of imidazole rings is 1. The summed E-state index contributed by atoms with van der Waals surface area (Å²) in [6, 6.07) is 12.6. The van der Waals surface area contributed by atoms with Gasteiger partial charge in [-0.2, -0.15) is 0 Å². The van der Waals surface area contributed by atoms with E-state index >= 15 is 0 Å². The van der Waals surface area contributed by atoms with E-state index in [4.69, 9.17) is 21.3 Å². The Labute approximate surface area is 241 Å². The molecule has 8 nitrogen and oxygen atoms in total. The average molecular weight is 561 g/mol. The van der Waals surface area contributed by atoms with Crippen LogP contribution in [0.4, 0.5) is 5.95 Å². The summed E-state index contributed by atoms with van der Waals surface area (Å²) in [7, 11) is 1.53. The summed E-state index contributed by atoms with van der Waals surface area (Å²) in [6.07, 6.45) is 7.01. The number of carbonyl (C=O) groups excluding carboxylic acids is 1. The van der Waals surface area contributed by atoms with Gasteiger partial charge in [-0.25, -0.2) is 15.0 Å². The van der Waals surface area contributed by atoms with Gasteiger partial charge in [-0.1, -0.05) is 55.8 Å². The van der Waals surface area contributed by atoms with Gasteiger partial charge < -0.3 is 9.64 Å². The highest BCUT2D eigenvalue weighted by Gasteiger charge is 2.40. The van der Waals surface area contributed by atoms with Crippen molar-refractivity contribution in [2.75, 3.05) is 20.2 Å². The van der Waals surface area contributed by atoms with Gasteiger partial charge >= 0.3 is 0 Å². The smallest absolute Gasteiger partial charge is 0.274 e. The molecule has 2 aromatic heterocycles. The summed E-state index contributed by atoms with van der Waals surface area (Å²) >= 11 is 6.38. The molecule has 2 atom stereocenters. The first-order valence-corrected chi connectivity index (χ1v) is 14.3. The minimum absolute atomic E-state index is 0.153. The van der Waals surface area contributed by atoms with E-state index in [-0.39, 0.29) is 17.6 Å². The predicted octanol–water partition coefficient (Wildman–Crippen LogP) is 6.43. The molecule has 0 N–H and O–H groups in total. The lowest BCUT2D eigenvalue weighted by molar-refractivity contribution is 0.0728. The third-order valence-corrected chi connectivity index (χ3v) is 8.37. The number of aromatic nitrogens is 3. The van der Waals surface area contributed by atoms with Crippen LogP contribution in [0.1, 0.15) is 67.7 Å². The number of rotatable bonds is 8. The Morgan fingerprint density at radius 1 is 1.15 bits per heavy atom. The first-order valence-electron chi connectivity index (χ1n) is 13.9. The highest BCUT2D eigenvalue weighted by atomic mass is 35.5. The van der Waals surface area contributed by atoms with Gasteiger partial charge in [0, 0.05) is 49.5 Å². The third-order valence-electron chi connectivity index (χ3n) is 8.07. The molecule has 2 aliphatic heterocycles. The molecule has 2 bridgehead atoms. The zero-order valence-electron chi connectivity index (χ0n) is 23.7. The second-order valence-corrected chi connectivity index (χ2v) is 11.2. The summed E-state index contributed by atoms with van der Waals surface area (Å²) in [6.45, 7) is 12.1. The van der Waals surface area contributed by atoms with E-state index in [0.29, 0.717) is 48.4 Å². The molecule has 9 heteroatoms. The van der Waals surface area contributed by atoms with Gasteiger partial charge in [0.05, 0.1) is 23.5 Å². The lowest BCUT2D eigenvalue weighted by atomic mass is 10.00. The highest BCUT2D eigenvalue weighted by Crippen LogP contribution is 2.36. The second kappa shape index (κ2) is 11.9. The van der Waals surface area contributed by atoms with E-state index in [9.17, 15) is 4.79 Å². The van der Waals surface area contributed by atoms with Crippen LogP contribution in [0.5, 0.6) is 5.88 Å². The van der Waals surface area contributed by atoms with Crippen molar-refractivity contribution >= 4 is 36.4 Å². The van der Waals surface area contributed by atoms with Crippen molar-refractivity contribution in [1.29, 1.82) is 0 Å². The molecular weight excluding hydrogens is 524 g/mol. The largest absolute Gasteiger partial charge is 0.481 e. The number of aliphatic imine (C=N–C) groups is 1. The lowest BCUT2D eigenvalue weighted by Crippen LogP contribution is -2.41.